The van der Waals surface area contributed by atoms with Crippen molar-refractivity contribution in [3.05, 3.63) is 12.8 Å². The molecule has 0 saturated carbocycles. The highest BCUT2D eigenvalue weighted by Crippen LogP contribution is 1.84. The number of carbonyl (C=O) groups is 3. The van der Waals surface area contributed by atoms with Crippen LogP contribution in [0, 0.1) is 0 Å². The summed E-state index contributed by atoms with van der Waals surface area (Å²) in [5.41, 5.74) is 0. The molecule has 98 valence electrons. The number of hydrogen-bond acceptors (Lipinski definition) is 7. The molecule has 0 aromatic heterocycles. The average molecular weight is 248 g/mol. The summed E-state index contributed by atoms with van der Waals surface area (Å²) in [5, 5.41) is 0. The molecule has 7 nitrogen and oxygen atoms in total. The fraction of sp³-hybridized carbons (Fsp3) is 0.500. The molecule has 0 unspecified atom stereocenters. The van der Waals surface area contributed by atoms with E-state index in [1.54, 1.807) is 13.8 Å². The first-order chi connectivity index (χ1) is 7.97. The van der Waals surface area contributed by atoms with E-state index in [2.05, 4.69) is 25.5 Å². The van der Waals surface area contributed by atoms with Gasteiger partial charge in [-0.25, -0.2) is 9.59 Å². The van der Waals surface area contributed by atoms with Crippen LogP contribution in [0.5, 0.6) is 0 Å². The second-order valence-corrected chi connectivity index (χ2v) is 2.24. The number of hydrogen-bond donors (Lipinski definition) is 0. The van der Waals surface area contributed by atoms with Crippen LogP contribution in [0.25, 0.3) is 0 Å². The summed E-state index contributed by atoms with van der Waals surface area (Å²) in [6.07, 6.45) is -0.766. The van der Waals surface area contributed by atoms with E-state index in [1.807, 2.05) is 0 Å². The van der Waals surface area contributed by atoms with Crippen LogP contribution in [-0.4, -0.2) is 31.5 Å². The lowest BCUT2D eigenvalue weighted by Crippen LogP contribution is -2.07. The third-order valence-electron chi connectivity index (χ3n) is 0.931. The molecule has 0 radical (unpaired) electrons. The molecule has 0 heterocycles. The monoisotopic (exact) mass is 248 g/mol. The van der Waals surface area contributed by atoms with Crippen LogP contribution in [0.4, 0.5) is 9.59 Å². The predicted molar refractivity (Wildman–Crippen MR) is 57.1 cm³/mol. The van der Waals surface area contributed by atoms with Crippen molar-refractivity contribution in [2.45, 2.75) is 20.8 Å². The highest BCUT2D eigenvalue weighted by Gasteiger charge is 2.03. The molecule has 0 atom stereocenters. The van der Waals surface area contributed by atoms with Crippen LogP contribution in [0.2, 0.25) is 0 Å². The van der Waals surface area contributed by atoms with Crippen molar-refractivity contribution >= 4 is 18.3 Å². The van der Waals surface area contributed by atoms with Gasteiger partial charge < -0.3 is 18.9 Å². The number of rotatable bonds is 3. The van der Waals surface area contributed by atoms with Crippen LogP contribution in [0.3, 0.4) is 0 Å². The molecule has 0 amide bonds. The lowest BCUT2D eigenvalue weighted by molar-refractivity contribution is -0.136. The molecular formula is C10H16O7. The molecule has 0 bridgehead atoms. The highest BCUT2D eigenvalue weighted by atomic mass is 16.7. The first kappa shape index (κ1) is 17.3. The fourth-order valence-electron chi connectivity index (χ4n) is 0.487. The van der Waals surface area contributed by atoms with E-state index in [9.17, 15) is 14.4 Å². The SMILES string of the molecule is C=COC(=O)OC(C)=O.CCOC(=O)OCC. The summed E-state index contributed by atoms with van der Waals surface area (Å²) >= 11 is 0. The van der Waals surface area contributed by atoms with Crippen molar-refractivity contribution in [3.63, 3.8) is 0 Å². The van der Waals surface area contributed by atoms with Crippen LogP contribution >= 0.6 is 0 Å². The molecule has 0 N–H and O–H groups in total. The van der Waals surface area contributed by atoms with Crippen molar-refractivity contribution in [1.82, 2.24) is 0 Å². The Morgan fingerprint density at radius 1 is 1.06 bits per heavy atom. The van der Waals surface area contributed by atoms with Crippen molar-refractivity contribution in [1.29, 1.82) is 0 Å². The predicted octanol–water partition coefficient (Wildman–Crippen LogP) is 2.01. The Bertz CT molecular complexity index is 251. The van der Waals surface area contributed by atoms with Crippen molar-refractivity contribution < 1.29 is 33.3 Å². The molecule has 0 aliphatic heterocycles. The lowest BCUT2D eigenvalue weighted by atomic mass is 10.8. The molecule has 0 spiro atoms. The molecule has 0 fully saturated rings. The van der Waals surface area contributed by atoms with Crippen molar-refractivity contribution in [2.75, 3.05) is 13.2 Å². The zero-order valence-electron chi connectivity index (χ0n) is 10.1. The smallest absolute Gasteiger partial charge is 0.435 e. The number of carbonyl (C=O) groups excluding carboxylic acids is 3. The van der Waals surface area contributed by atoms with Gasteiger partial charge in [0.15, 0.2) is 0 Å². The summed E-state index contributed by atoms with van der Waals surface area (Å²) in [6.45, 7) is 8.39. The van der Waals surface area contributed by atoms with Gasteiger partial charge in [-0.3, -0.25) is 4.79 Å². The summed E-state index contributed by atoms with van der Waals surface area (Å²) in [4.78, 5) is 30.3. The van der Waals surface area contributed by atoms with E-state index in [4.69, 9.17) is 0 Å². The van der Waals surface area contributed by atoms with E-state index in [1.165, 1.54) is 0 Å². The maximum atomic E-state index is 10.2. The van der Waals surface area contributed by atoms with E-state index in [-0.39, 0.29) is 0 Å². The minimum Gasteiger partial charge on any atom is -0.435 e. The molecule has 7 heteroatoms. The van der Waals surface area contributed by atoms with Crippen LogP contribution in [-0.2, 0) is 23.7 Å². The molecule has 0 aliphatic carbocycles. The largest absolute Gasteiger partial charge is 0.521 e. The second kappa shape index (κ2) is 12.0. The Morgan fingerprint density at radius 2 is 1.53 bits per heavy atom. The summed E-state index contributed by atoms with van der Waals surface area (Å²) in [7, 11) is 0. The van der Waals surface area contributed by atoms with E-state index in [0.29, 0.717) is 13.2 Å². The van der Waals surface area contributed by atoms with Gasteiger partial charge >= 0.3 is 18.3 Å². The van der Waals surface area contributed by atoms with Gasteiger partial charge in [-0.15, -0.1) is 0 Å². The Hall–Kier alpha value is -2.05. The maximum absolute atomic E-state index is 10.2. The van der Waals surface area contributed by atoms with E-state index < -0.39 is 18.3 Å². The molecule has 0 aromatic rings. The van der Waals surface area contributed by atoms with Gasteiger partial charge in [0.2, 0.25) is 0 Å². The topological polar surface area (TPSA) is 88.1 Å². The Balaban J connectivity index is 0. The molecule has 0 rings (SSSR count). The van der Waals surface area contributed by atoms with E-state index >= 15 is 0 Å². The molecular weight excluding hydrogens is 232 g/mol. The van der Waals surface area contributed by atoms with Gasteiger partial charge in [-0.05, 0) is 13.8 Å². The quantitative estimate of drug-likeness (QED) is 0.428. The first-order valence-electron chi connectivity index (χ1n) is 4.77. The zero-order valence-corrected chi connectivity index (χ0v) is 10.1. The standard InChI is InChI=1S/C5H6O4.C5H10O3/c1-3-8-5(7)9-4(2)6;1-3-7-5(6)8-4-2/h3H,1H2,2H3;3-4H2,1-2H3. The molecule has 17 heavy (non-hydrogen) atoms. The van der Waals surface area contributed by atoms with Gasteiger partial charge in [-0.1, -0.05) is 6.58 Å². The first-order valence-corrected chi connectivity index (χ1v) is 4.77. The van der Waals surface area contributed by atoms with E-state index in [0.717, 1.165) is 13.2 Å². The van der Waals surface area contributed by atoms with Crippen LogP contribution in [0.1, 0.15) is 20.8 Å². The highest BCUT2D eigenvalue weighted by molar-refractivity contribution is 5.80. The second-order valence-electron chi connectivity index (χ2n) is 2.24. The summed E-state index contributed by atoms with van der Waals surface area (Å²) in [6, 6.07) is 0. The number of ether oxygens (including phenoxy) is 4. The maximum Gasteiger partial charge on any atom is 0.521 e. The summed E-state index contributed by atoms with van der Waals surface area (Å²) in [5.74, 6) is -0.707. The van der Waals surface area contributed by atoms with Crippen LogP contribution in [0.15, 0.2) is 12.8 Å². The minimum absolute atomic E-state index is 0.374. The Morgan fingerprint density at radius 3 is 1.82 bits per heavy atom. The summed E-state index contributed by atoms with van der Waals surface area (Å²) < 4.78 is 16.8. The van der Waals surface area contributed by atoms with Crippen molar-refractivity contribution in [2.24, 2.45) is 0 Å². The Kier molecular flexibility index (Phi) is 12.3. The zero-order chi connectivity index (χ0) is 13.7. The molecule has 0 saturated heterocycles. The normalized spacial score (nSPS) is 7.94. The van der Waals surface area contributed by atoms with Gasteiger partial charge in [0.05, 0.1) is 19.5 Å². The lowest BCUT2D eigenvalue weighted by Gasteiger charge is -1.98. The van der Waals surface area contributed by atoms with Gasteiger partial charge in [0, 0.05) is 6.92 Å². The minimum atomic E-state index is -1.06. The number of esters is 1. The molecule has 0 aromatic carbocycles. The molecule has 0 aliphatic rings. The van der Waals surface area contributed by atoms with Gasteiger partial charge in [-0.2, -0.15) is 0 Å². The third kappa shape index (κ3) is 16.6. The fourth-order valence-corrected chi connectivity index (χ4v) is 0.487. The van der Waals surface area contributed by atoms with Crippen LogP contribution < -0.4 is 0 Å². The Labute approximate surface area is 99.3 Å². The third-order valence-corrected chi connectivity index (χ3v) is 0.931. The van der Waals surface area contributed by atoms with Gasteiger partial charge in [0.1, 0.15) is 0 Å². The van der Waals surface area contributed by atoms with Crippen molar-refractivity contribution in [3.8, 4) is 0 Å². The average Bonchev–Trinajstić information content (AvgIpc) is 2.18. The van der Waals surface area contributed by atoms with Gasteiger partial charge in [0.25, 0.3) is 0 Å².